The van der Waals surface area contributed by atoms with Crippen molar-refractivity contribution in [2.45, 2.75) is 19.3 Å². The van der Waals surface area contributed by atoms with Crippen molar-refractivity contribution in [3.63, 3.8) is 0 Å². The van der Waals surface area contributed by atoms with E-state index in [0.717, 1.165) is 11.2 Å². The second kappa shape index (κ2) is 7.97. The molecule has 0 spiro atoms. The molecule has 4 heteroatoms. The van der Waals surface area contributed by atoms with E-state index in [1.807, 2.05) is 0 Å². The first kappa shape index (κ1) is 24.5. The molecule has 0 unspecified atom stereocenters. The average molecular weight is 599 g/mol. The zero-order valence-electron chi connectivity index (χ0n) is 26.0. The maximum atomic E-state index is 6.74. The molecule has 5 heterocycles. The van der Waals surface area contributed by atoms with Gasteiger partial charge in [0, 0.05) is 61.0 Å². The molecule has 12 rings (SSSR count). The predicted molar refractivity (Wildman–Crippen MR) is 197 cm³/mol. The fraction of sp³-hybridized carbons (Fsp3) is 0.0698. The van der Waals surface area contributed by atoms with Gasteiger partial charge in [0.25, 0.3) is 0 Å². The van der Waals surface area contributed by atoms with Crippen LogP contribution in [0.1, 0.15) is 25.0 Å². The van der Waals surface area contributed by atoms with E-state index in [0.29, 0.717) is 0 Å². The number of aromatic nitrogens is 1. The highest BCUT2D eigenvalue weighted by atomic mass is 16.3. The summed E-state index contributed by atoms with van der Waals surface area (Å²) in [7, 11) is 0. The summed E-state index contributed by atoms with van der Waals surface area (Å²) in [5.41, 5.74) is 16.1. The van der Waals surface area contributed by atoms with Gasteiger partial charge < -0.3 is 13.8 Å². The van der Waals surface area contributed by atoms with Gasteiger partial charge in [0.1, 0.15) is 11.2 Å². The molecule has 0 fully saturated rings. The number of furan rings is 1. The molecule has 218 valence electrons. The van der Waals surface area contributed by atoms with Crippen LogP contribution in [-0.4, -0.2) is 11.3 Å². The second-order valence-electron chi connectivity index (χ2n) is 14.1. The van der Waals surface area contributed by atoms with Crippen molar-refractivity contribution in [1.29, 1.82) is 0 Å². The number of hydrogen-bond acceptors (Lipinski definition) is 2. The third kappa shape index (κ3) is 2.72. The summed E-state index contributed by atoms with van der Waals surface area (Å²) in [4.78, 5) is 2.55. The number of anilines is 3. The first-order chi connectivity index (χ1) is 23.1. The van der Waals surface area contributed by atoms with Crippen molar-refractivity contribution in [2.75, 3.05) is 4.90 Å². The molecule has 0 aliphatic carbocycles. The molecule has 7 aromatic carbocycles. The Morgan fingerprint density at radius 2 is 1.36 bits per heavy atom. The molecule has 0 amide bonds. The Kier molecular flexibility index (Phi) is 4.15. The highest BCUT2D eigenvalue weighted by molar-refractivity contribution is 6.90. The Morgan fingerprint density at radius 3 is 2.28 bits per heavy atom. The summed E-state index contributed by atoms with van der Waals surface area (Å²) >= 11 is 0. The lowest BCUT2D eigenvalue weighted by Gasteiger charge is -2.48. The SMILES string of the molecule is CC1(C)c2ccccc2N2c3cc4oc5ccccc5c4c4c3B(c3cccc1c32)n1c2cc3ccccc3cc2c2cccc-4c21. The molecule has 0 N–H and O–H groups in total. The van der Waals surface area contributed by atoms with E-state index >= 15 is 0 Å². The summed E-state index contributed by atoms with van der Waals surface area (Å²) in [6.45, 7) is 4.77. The smallest absolute Gasteiger partial charge is 0.333 e. The Morgan fingerprint density at radius 1 is 0.617 bits per heavy atom. The molecule has 47 heavy (non-hydrogen) atoms. The molecule has 0 saturated heterocycles. The zero-order chi connectivity index (χ0) is 30.8. The first-order valence-electron chi connectivity index (χ1n) is 16.6. The molecule has 0 bridgehead atoms. The monoisotopic (exact) mass is 598 g/mol. The van der Waals surface area contributed by atoms with Gasteiger partial charge in [-0.25, -0.2) is 0 Å². The van der Waals surface area contributed by atoms with Crippen LogP contribution < -0.4 is 15.8 Å². The zero-order valence-corrected chi connectivity index (χ0v) is 26.0. The van der Waals surface area contributed by atoms with E-state index in [1.54, 1.807) is 0 Å². The number of fused-ring (bicyclic) bond motifs is 14. The molecule has 0 radical (unpaired) electrons. The molecule has 0 atom stereocenters. The van der Waals surface area contributed by atoms with Crippen molar-refractivity contribution in [3.05, 3.63) is 139 Å². The fourth-order valence-corrected chi connectivity index (χ4v) is 9.56. The largest absolute Gasteiger partial charge is 0.456 e. The molecule has 3 nitrogen and oxygen atoms in total. The maximum Gasteiger partial charge on any atom is 0.333 e. The van der Waals surface area contributed by atoms with Gasteiger partial charge in [-0.15, -0.1) is 0 Å². The van der Waals surface area contributed by atoms with Crippen molar-refractivity contribution >= 4 is 89.4 Å². The Balaban J connectivity index is 1.36. The number of benzene rings is 7. The van der Waals surface area contributed by atoms with Crippen LogP contribution in [0.3, 0.4) is 0 Å². The van der Waals surface area contributed by atoms with Gasteiger partial charge in [-0.2, -0.15) is 0 Å². The van der Waals surface area contributed by atoms with Gasteiger partial charge in [0.2, 0.25) is 0 Å². The van der Waals surface area contributed by atoms with Crippen LogP contribution in [0.15, 0.2) is 132 Å². The minimum atomic E-state index is -0.154. The van der Waals surface area contributed by atoms with Crippen LogP contribution in [0.25, 0.3) is 65.6 Å². The van der Waals surface area contributed by atoms with Crippen molar-refractivity contribution < 1.29 is 4.42 Å². The van der Waals surface area contributed by atoms with Crippen LogP contribution in [0, 0.1) is 0 Å². The fourth-order valence-electron chi connectivity index (χ4n) is 9.56. The summed E-state index contributed by atoms with van der Waals surface area (Å²) in [5.74, 6) is 0. The van der Waals surface area contributed by atoms with E-state index in [1.165, 1.54) is 93.6 Å². The average Bonchev–Trinajstić information content (AvgIpc) is 3.63. The van der Waals surface area contributed by atoms with Crippen LogP contribution in [0.2, 0.25) is 0 Å². The topological polar surface area (TPSA) is 21.3 Å². The first-order valence-corrected chi connectivity index (χ1v) is 16.6. The number of nitrogens with zero attached hydrogens (tertiary/aromatic N) is 2. The van der Waals surface area contributed by atoms with Crippen LogP contribution in [0.5, 0.6) is 0 Å². The van der Waals surface area contributed by atoms with Crippen LogP contribution in [0.4, 0.5) is 17.1 Å². The van der Waals surface area contributed by atoms with Gasteiger partial charge in [-0.1, -0.05) is 111 Å². The van der Waals surface area contributed by atoms with E-state index in [2.05, 4.69) is 151 Å². The third-order valence-electron chi connectivity index (χ3n) is 11.5. The minimum Gasteiger partial charge on any atom is -0.456 e. The lowest BCUT2D eigenvalue weighted by atomic mass is 9.44. The quantitative estimate of drug-likeness (QED) is 0.162. The van der Waals surface area contributed by atoms with E-state index < -0.39 is 0 Å². The van der Waals surface area contributed by atoms with Crippen LogP contribution >= 0.6 is 0 Å². The summed E-state index contributed by atoms with van der Waals surface area (Å²) in [6, 6.07) is 47.4. The number of hydrogen-bond donors (Lipinski definition) is 0. The van der Waals surface area contributed by atoms with Crippen LogP contribution in [-0.2, 0) is 5.41 Å². The van der Waals surface area contributed by atoms with Gasteiger partial charge in [-0.3, -0.25) is 0 Å². The standard InChI is InChI=1S/C43H27BN2O/c1-43(2)30-16-6-7-19-33(30)45-35-23-37-38(27-13-5-8-20-36(27)47-37)39-28-15-9-14-26-29-21-24-11-3-4-12-25(24)22-34(29)46(41(26)28)44(40(35)39)32-18-10-17-31(43)42(32)45/h3-23H,1-2H3. The number of para-hydroxylation sites is 4. The highest BCUT2D eigenvalue weighted by Crippen LogP contribution is 2.55. The lowest BCUT2D eigenvalue weighted by molar-refractivity contribution is 0.632. The molecule has 3 aliphatic rings. The van der Waals surface area contributed by atoms with Gasteiger partial charge >= 0.3 is 6.85 Å². The lowest BCUT2D eigenvalue weighted by Crippen LogP contribution is -2.58. The third-order valence-corrected chi connectivity index (χ3v) is 11.5. The molecule has 2 aromatic heterocycles. The Labute approximate surface area is 271 Å². The van der Waals surface area contributed by atoms with E-state index in [4.69, 9.17) is 4.42 Å². The van der Waals surface area contributed by atoms with E-state index in [9.17, 15) is 0 Å². The molecule has 0 saturated carbocycles. The summed E-state index contributed by atoms with van der Waals surface area (Å²) in [6.07, 6.45) is 0. The Hall–Kier alpha value is -5.74. The maximum absolute atomic E-state index is 6.74. The van der Waals surface area contributed by atoms with Crippen molar-refractivity contribution in [1.82, 2.24) is 4.48 Å². The normalized spacial score (nSPS) is 15.1. The second-order valence-corrected chi connectivity index (χ2v) is 14.1. The highest BCUT2D eigenvalue weighted by Gasteiger charge is 2.48. The van der Waals surface area contributed by atoms with Crippen molar-refractivity contribution in [3.8, 4) is 11.1 Å². The molecular weight excluding hydrogens is 571 g/mol. The van der Waals surface area contributed by atoms with Gasteiger partial charge in [-0.05, 0) is 62.7 Å². The molecule has 3 aliphatic heterocycles. The molecular formula is C43H27BN2O. The van der Waals surface area contributed by atoms with Gasteiger partial charge in [0.05, 0.1) is 5.69 Å². The Bertz CT molecular complexity index is 2910. The van der Waals surface area contributed by atoms with Crippen molar-refractivity contribution in [2.24, 2.45) is 0 Å². The minimum absolute atomic E-state index is 0.00128. The number of rotatable bonds is 0. The predicted octanol–water partition coefficient (Wildman–Crippen LogP) is 9.90. The summed E-state index contributed by atoms with van der Waals surface area (Å²) in [5, 5.41) is 7.54. The van der Waals surface area contributed by atoms with E-state index in [-0.39, 0.29) is 12.3 Å². The molecule has 9 aromatic rings. The van der Waals surface area contributed by atoms with Gasteiger partial charge in [0.15, 0.2) is 0 Å². The summed E-state index contributed by atoms with van der Waals surface area (Å²) < 4.78 is 9.41.